The molecule has 11 heteroatoms. The summed E-state index contributed by atoms with van der Waals surface area (Å²) in [6.45, 7) is 0.828. The monoisotopic (exact) mass is 439 g/mol. The second kappa shape index (κ2) is 9.85. The number of carbonyl (C=O) groups is 3. The first kappa shape index (κ1) is 22.1. The van der Waals surface area contributed by atoms with Crippen molar-refractivity contribution >= 4 is 52.4 Å². The zero-order valence-electron chi connectivity index (χ0n) is 15.0. The van der Waals surface area contributed by atoms with Crippen molar-refractivity contribution in [2.45, 2.75) is 13.0 Å². The molecule has 0 aliphatic rings. The third kappa shape index (κ3) is 6.44. The molecule has 2 aromatic rings. The summed E-state index contributed by atoms with van der Waals surface area (Å²) in [6.07, 6.45) is -1.20. The maximum atomic E-state index is 12.1. The molecule has 152 valence electrons. The Morgan fingerprint density at radius 2 is 1.90 bits per heavy atom. The third-order valence-electron chi connectivity index (χ3n) is 3.57. The maximum Gasteiger partial charge on any atom is 0.326 e. The molecule has 0 radical (unpaired) electrons. The highest BCUT2D eigenvalue weighted by atomic mass is 35.5. The molecule has 0 aliphatic carbocycles. The number of esters is 1. The molecule has 0 aromatic heterocycles. The molecule has 1 atom stereocenters. The fourth-order valence-electron chi connectivity index (χ4n) is 2.15. The van der Waals surface area contributed by atoms with E-state index in [9.17, 15) is 24.5 Å². The van der Waals surface area contributed by atoms with Crippen molar-refractivity contribution in [1.82, 2.24) is 5.32 Å². The van der Waals surface area contributed by atoms with Gasteiger partial charge in [0, 0.05) is 22.8 Å². The van der Waals surface area contributed by atoms with E-state index in [1.54, 1.807) is 0 Å². The van der Waals surface area contributed by atoms with Crippen LogP contribution in [-0.4, -0.2) is 35.4 Å². The average Bonchev–Trinajstić information content (AvgIpc) is 2.66. The highest BCUT2D eigenvalue weighted by Gasteiger charge is 2.20. The standard InChI is InChI=1S/C18H15Cl2N3O6/c1-10(17(25)22-12-3-2-4-13(8-12)23(27)28)29-16(24)9-21-18(26)14-6-5-11(19)7-15(14)20/h2-8,10H,9H2,1H3,(H,21,26)(H,22,25)/t10-/m0/s1. The summed E-state index contributed by atoms with van der Waals surface area (Å²) in [5.74, 6) is -2.16. The van der Waals surface area contributed by atoms with Gasteiger partial charge in [-0.25, -0.2) is 0 Å². The van der Waals surface area contributed by atoms with E-state index in [1.165, 1.54) is 49.4 Å². The van der Waals surface area contributed by atoms with E-state index >= 15 is 0 Å². The second-order valence-corrected chi connectivity index (χ2v) is 6.58. The molecule has 0 bridgehead atoms. The minimum absolute atomic E-state index is 0.119. The molecule has 0 saturated heterocycles. The van der Waals surface area contributed by atoms with Gasteiger partial charge < -0.3 is 15.4 Å². The number of ether oxygens (including phenoxy) is 1. The highest BCUT2D eigenvalue weighted by molar-refractivity contribution is 6.36. The first-order valence-electron chi connectivity index (χ1n) is 8.15. The summed E-state index contributed by atoms with van der Waals surface area (Å²) < 4.78 is 4.94. The SMILES string of the molecule is C[C@H](OC(=O)CNC(=O)c1ccc(Cl)cc1Cl)C(=O)Nc1cccc([N+](=O)[O-])c1. The number of nitro groups is 1. The average molecular weight is 440 g/mol. The van der Waals surface area contributed by atoms with Gasteiger partial charge in [-0.05, 0) is 31.2 Å². The first-order chi connectivity index (χ1) is 13.7. The lowest BCUT2D eigenvalue weighted by molar-refractivity contribution is -0.384. The molecule has 0 spiro atoms. The van der Waals surface area contributed by atoms with Gasteiger partial charge in [-0.2, -0.15) is 0 Å². The summed E-state index contributed by atoms with van der Waals surface area (Å²) in [7, 11) is 0. The van der Waals surface area contributed by atoms with E-state index < -0.39 is 35.4 Å². The molecular formula is C18H15Cl2N3O6. The van der Waals surface area contributed by atoms with E-state index in [4.69, 9.17) is 27.9 Å². The fraction of sp³-hybridized carbons (Fsp3) is 0.167. The van der Waals surface area contributed by atoms with Crippen LogP contribution in [0.3, 0.4) is 0 Å². The number of amides is 2. The molecule has 0 heterocycles. The van der Waals surface area contributed by atoms with Gasteiger partial charge in [0.1, 0.15) is 6.54 Å². The van der Waals surface area contributed by atoms with Crippen LogP contribution < -0.4 is 10.6 Å². The van der Waals surface area contributed by atoms with Crippen LogP contribution in [0.5, 0.6) is 0 Å². The molecule has 2 aromatic carbocycles. The molecule has 2 N–H and O–H groups in total. The molecule has 0 aliphatic heterocycles. The number of rotatable bonds is 7. The summed E-state index contributed by atoms with van der Waals surface area (Å²) in [5.41, 5.74) is 0.106. The quantitative estimate of drug-likeness (QED) is 0.387. The van der Waals surface area contributed by atoms with Gasteiger partial charge in [0.15, 0.2) is 6.10 Å². The van der Waals surface area contributed by atoms with Gasteiger partial charge in [0.2, 0.25) is 0 Å². The van der Waals surface area contributed by atoms with Gasteiger partial charge in [0.05, 0.1) is 15.5 Å². The molecule has 2 amide bonds. The lowest BCUT2D eigenvalue weighted by Crippen LogP contribution is -2.35. The number of anilines is 1. The Balaban J connectivity index is 1.86. The number of nitrogens with zero attached hydrogens (tertiary/aromatic N) is 1. The Hall–Kier alpha value is -3.17. The summed E-state index contributed by atoms with van der Waals surface area (Å²) in [6, 6.07) is 9.56. The molecule has 2 rings (SSSR count). The molecular weight excluding hydrogens is 425 g/mol. The lowest BCUT2D eigenvalue weighted by Gasteiger charge is -2.14. The van der Waals surface area contributed by atoms with Gasteiger partial charge in [-0.3, -0.25) is 24.5 Å². The molecule has 0 saturated carbocycles. The smallest absolute Gasteiger partial charge is 0.326 e. The minimum atomic E-state index is -1.20. The van der Waals surface area contributed by atoms with Crippen molar-refractivity contribution in [3.63, 3.8) is 0 Å². The molecule has 9 nitrogen and oxygen atoms in total. The number of benzene rings is 2. The van der Waals surface area contributed by atoms with Gasteiger partial charge in [-0.15, -0.1) is 0 Å². The molecule has 0 fully saturated rings. The second-order valence-electron chi connectivity index (χ2n) is 5.74. The van der Waals surface area contributed by atoms with Crippen LogP contribution in [0.15, 0.2) is 42.5 Å². The summed E-state index contributed by atoms with van der Waals surface area (Å²) in [4.78, 5) is 46.2. The maximum absolute atomic E-state index is 12.1. The molecule has 29 heavy (non-hydrogen) atoms. The number of carbonyl (C=O) groups excluding carboxylic acids is 3. The van der Waals surface area contributed by atoms with Crippen molar-refractivity contribution in [2.24, 2.45) is 0 Å². The largest absolute Gasteiger partial charge is 0.451 e. The zero-order valence-corrected chi connectivity index (χ0v) is 16.5. The van der Waals surface area contributed by atoms with Crippen LogP contribution in [0.25, 0.3) is 0 Å². The number of non-ortho nitro benzene ring substituents is 1. The summed E-state index contributed by atoms with van der Waals surface area (Å²) in [5, 5.41) is 16.0. The predicted molar refractivity (Wildman–Crippen MR) is 106 cm³/mol. The van der Waals surface area contributed by atoms with Gasteiger partial charge >= 0.3 is 5.97 Å². The van der Waals surface area contributed by atoms with Crippen LogP contribution in [-0.2, 0) is 14.3 Å². The summed E-state index contributed by atoms with van der Waals surface area (Å²) >= 11 is 11.7. The zero-order chi connectivity index (χ0) is 21.6. The highest BCUT2D eigenvalue weighted by Crippen LogP contribution is 2.21. The van der Waals surface area contributed by atoms with E-state index in [-0.39, 0.29) is 22.0 Å². The Kier molecular flexibility index (Phi) is 7.52. The van der Waals surface area contributed by atoms with E-state index in [1.807, 2.05) is 0 Å². The minimum Gasteiger partial charge on any atom is -0.451 e. The van der Waals surface area contributed by atoms with E-state index in [0.717, 1.165) is 0 Å². The third-order valence-corrected chi connectivity index (χ3v) is 4.12. The number of hydrogen-bond donors (Lipinski definition) is 2. The van der Waals surface area contributed by atoms with Crippen molar-refractivity contribution in [2.75, 3.05) is 11.9 Å². The Bertz CT molecular complexity index is 966. The Labute approximate surface area is 175 Å². The van der Waals surface area contributed by atoms with Gasteiger partial charge in [0.25, 0.3) is 17.5 Å². The topological polar surface area (TPSA) is 128 Å². The fourth-order valence-corrected chi connectivity index (χ4v) is 2.65. The van der Waals surface area contributed by atoms with Crippen molar-refractivity contribution in [1.29, 1.82) is 0 Å². The van der Waals surface area contributed by atoms with Crippen LogP contribution >= 0.6 is 23.2 Å². The number of hydrogen-bond acceptors (Lipinski definition) is 6. The van der Waals surface area contributed by atoms with Crippen molar-refractivity contribution in [3.05, 3.63) is 68.2 Å². The number of nitrogens with one attached hydrogen (secondary N) is 2. The normalized spacial score (nSPS) is 11.3. The van der Waals surface area contributed by atoms with E-state index in [2.05, 4.69) is 10.6 Å². The van der Waals surface area contributed by atoms with Crippen LogP contribution in [0.1, 0.15) is 17.3 Å². The van der Waals surface area contributed by atoms with Crippen molar-refractivity contribution < 1.29 is 24.0 Å². The van der Waals surface area contributed by atoms with Crippen LogP contribution in [0, 0.1) is 10.1 Å². The van der Waals surface area contributed by atoms with Crippen LogP contribution in [0.2, 0.25) is 10.0 Å². The predicted octanol–water partition coefficient (Wildman–Crippen LogP) is 3.20. The van der Waals surface area contributed by atoms with Gasteiger partial charge in [-0.1, -0.05) is 29.3 Å². The Morgan fingerprint density at radius 3 is 2.55 bits per heavy atom. The van der Waals surface area contributed by atoms with E-state index in [0.29, 0.717) is 5.02 Å². The number of nitro benzene ring substituents is 1. The number of halogens is 2. The lowest BCUT2D eigenvalue weighted by atomic mass is 10.2. The molecule has 0 unspecified atom stereocenters. The van der Waals surface area contributed by atoms with Crippen molar-refractivity contribution in [3.8, 4) is 0 Å². The van der Waals surface area contributed by atoms with Crippen LogP contribution in [0.4, 0.5) is 11.4 Å². The first-order valence-corrected chi connectivity index (χ1v) is 8.91. The Morgan fingerprint density at radius 1 is 1.17 bits per heavy atom.